The van der Waals surface area contributed by atoms with E-state index in [4.69, 9.17) is 9.47 Å². The number of ether oxygens (including phenoxy) is 2. The Morgan fingerprint density at radius 1 is 1.16 bits per heavy atom. The van der Waals surface area contributed by atoms with E-state index in [2.05, 4.69) is 9.97 Å². The molecule has 32 heavy (non-hydrogen) atoms. The van der Waals surface area contributed by atoms with Gasteiger partial charge in [-0.3, -0.25) is 4.79 Å². The largest absolute Gasteiger partial charge is 0.482 e. The van der Waals surface area contributed by atoms with E-state index in [9.17, 15) is 9.59 Å². The van der Waals surface area contributed by atoms with Crippen LogP contribution in [0.4, 0.5) is 4.79 Å². The van der Waals surface area contributed by atoms with Crippen LogP contribution in [0.15, 0.2) is 41.3 Å². The van der Waals surface area contributed by atoms with Crippen LogP contribution in [0.3, 0.4) is 0 Å². The van der Waals surface area contributed by atoms with Gasteiger partial charge in [-0.05, 0) is 51.5 Å². The second-order valence-corrected chi connectivity index (χ2v) is 9.45. The number of rotatable bonds is 8. The van der Waals surface area contributed by atoms with Crippen LogP contribution in [0.1, 0.15) is 64.3 Å². The van der Waals surface area contributed by atoms with Crippen molar-refractivity contribution in [2.45, 2.75) is 71.5 Å². The summed E-state index contributed by atoms with van der Waals surface area (Å²) in [5.74, 6) is 1.57. The molecule has 1 N–H and O–H groups in total. The van der Waals surface area contributed by atoms with Crippen LogP contribution in [0.2, 0.25) is 0 Å². The number of nitrogens with one attached hydrogen (secondary N) is 1. The van der Waals surface area contributed by atoms with E-state index in [-0.39, 0.29) is 17.4 Å². The molecule has 1 aliphatic rings. The summed E-state index contributed by atoms with van der Waals surface area (Å²) < 4.78 is 11.0. The number of unbranched alkanes of at least 4 members (excludes halogenated alkanes) is 1. The maximum atomic E-state index is 12.3. The van der Waals surface area contributed by atoms with Crippen LogP contribution in [-0.2, 0) is 17.8 Å². The minimum Gasteiger partial charge on any atom is -0.482 e. The number of nitrogens with zero attached hydrogens (tertiary/aromatic N) is 2. The van der Waals surface area contributed by atoms with Gasteiger partial charge in [0.1, 0.15) is 18.0 Å². The Hall–Kier alpha value is -2.83. The third kappa shape index (κ3) is 7.70. The summed E-state index contributed by atoms with van der Waals surface area (Å²) in [5, 5.41) is 0. The van der Waals surface area contributed by atoms with Crippen molar-refractivity contribution in [1.29, 1.82) is 0 Å². The van der Waals surface area contributed by atoms with Crippen molar-refractivity contribution in [3.8, 4) is 5.75 Å². The lowest BCUT2D eigenvalue weighted by atomic mass is 9.91. The fourth-order valence-electron chi connectivity index (χ4n) is 3.84. The maximum absolute atomic E-state index is 12.3. The average molecular weight is 442 g/mol. The Morgan fingerprint density at radius 3 is 2.53 bits per heavy atom. The zero-order valence-electron chi connectivity index (χ0n) is 19.4. The Balaban J connectivity index is 1.34. The van der Waals surface area contributed by atoms with E-state index in [0.717, 1.165) is 57.2 Å². The molecule has 1 aromatic carbocycles. The van der Waals surface area contributed by atoms with Crippen LogP contribution in [0, 0.1) is 5.92 Å². The van der Waals surface area contributed by atoms with Crippen molar-refractivity contribution in [1.82, 2.24) is 14.9 Å². The molecule has 0 spiro atoms. The Morgan fingerprint density at radius 2 is 1.88 bits per heavy atom. The van der Waals surface area contributed by atoms with Gasteiger partial charge >= 0.3 is 6.09 Å². The van der Waals surface area contributed by atoms with Gasteiger partial charge in [0, 0.05) is 19.5 Å². The first-order valence-electron chi connectivity index (χ1n) is 11.5. The number of aromatic amines is 1. The normalized spacial score (nSPS) is 14.9. The quantitative estimate of drug-likeness (QED) is 0.600. The van der Waals surface area contributed by atoms with Gasteiger partial charge in [0.2, 0.25) is 5.75 Å². The minimum absolute atomic E-state index is 0.206. The summed E-state index contributed by atoms with van der Waals surface area (Å²) in [6.07, 6.45) is 7.26. The number of hydrogen-bond donors (Lipinski definition) is 1. The average Bonchev–Trinajstić information content (AvgIpc) is 2.76. The lowest BCUT2D eigenvalue weighted by Crippen LogP contribution is -2.41. The SMILES string of the molecule is CC(C)(C)OC(=O)N1CCC(CCCCc2ncc(OCc3ccccc3)c(=O)[nH]2)CC1. The number of piperidine rings is 1. The third-order valence-corrected chi connectivity index (χ3v) is 5.60. The number of amides is 1. The van der Waals surface area contributed by atoms with Crippen molar-refractivity contribution in [2.75, 3.05) is 13.1 Å². The van der Waals surface area contributed by atoms with Crippen molar-refractivity contribution >= 4 is 6.09 Å². The summed E-state index contributed by atoms with van der Waals surface area (Å²) in [6, 6.07) is 9.73. The molecule has 0 atom stereocenters. The Kier molecular flexibility index (Phi) is 8.31. The second kappa shape index (κ2) is 11.2. The van der Waals surface area contributed by atoms with E-state index in [1.165, 1.54) is 6.20 Å². The first kappa shape index (κ1) is 23.8. The zero-order chi connectivity index (χ0) is 23.0. The molecule has 7 nitrogen and oxygen atoms in total. The fourth-order valence-corrected chi connectivity index (χ4v) is 3.84. The number of aromatic nitrogens is 2. The molecule has 0 radical (unpaired) electrons. The second-order valence-electron chi connectivity index (χ2n) is 9.45. The molecule has 7 heteroatoms. The zero-order valence-corrected chi connectivity index (χ0v) is 19.4. The van der Waals surface area contributed by atoms with E-state index in [1.807, 2.05) is 56.0 Å². The predicted molar refractivity (Wildman–Crippen MR) is 124 cm³/mol. The highest BCUT2D eigenvalue weighted by atomic mass is 16.6. The van der Waals surface area contributed by atoms with Gasteiger partial charge in [0.15, 0.2) is 0 Å². The lowest BCUT2D eigenvalue weighted by molar-refractivity contribution is 0.0180. The van der Waals surface area contributed by atoms with Gasteiger partial charge in [-0.1, -0.05) is 43.2 Å². The van der Waals surface area contributed by atoms with Crippen LogP contribution in [0.25, 0.3) is 0 Å². The van der Waals surface area contributed by atoms with Gasteiger partial charge < -0.3 is 19.4 Å². The lowest BCUT2D eigenvalue weighted by Gasteiger charge is -2.33. The number of hydrogen-bond acceptors (Lipinski definition) is 5. The molecule has 0 aliphatic carbocycles. The van der Waals surface area contributed by atoms with Crippen molar-refractivity contribution in [3.05, 3.63) is 58.3 Å². The topological polar surface area (TPSA) is 84.5 Å². The first-order valence-corrected chi connectivity index (χ1v) is 11.5. The molecule has 1 amide bonds. The highest BCUT2D eigenvalue weighted by Crippen LogP contribution is 2.24. The maximum Gasteiger partial charge on any atom is 0.410 e. The highest BCUT2D eigenvalue weighted by molar-refractivity contribution is 5.68. The van der Waals surface area contributed by atoms with Crippen molar-refractivity contribution in [2.24, 2.45) is 5.92 Å². The molecule has 2 aromatic rings. The molecule has 1 aliphatic heterocycles. The molecule has 3 rings (SSSR count). The summed E-state index contributed by atoms with van der Waals surface area (Å²) in [4.78, 5) is 33.4. The van der Waals surface area contributed by atoms with Crippen molar-refractivity contribution < 1.29 is 14.3 Å². The van der Waals surface area contributed by atoms with Crippen LogP contribution in [-0.4, -0.2) is 39.7 Å². The van der Waals surface area contributed by atoms with E-state index in [1.54, 1.807) is 0 Å². The first-order chi connectivity index (χ1) is 15.3. The standard InChI is InChI=1S/C25H35N3O4/c1-25(2,3)32-24(30)28-15-13-19(14-16-28)9-7-8-12-22-26-17-21(23(29)27-22)31-18-20-10-5-4-6-11-20/h4-6,10-11,17,19H,7-9,12-16,18H2,1-3H3,(H,26,27,29). The molecular weight excluding hydrogens is 406 g/mol. The van der Waals surface area contributed by atoms with E-state index >= 15 is 0 Å². The fraction of sp³-hybridized carbons (Fsp3) is 0.560. The van der Waals surface area contributed by atoms with Crippen LogP contribution >= 0.6 is 0 Å². The summed E-state index contributed by atoms with van der Waals surface area (Å²) in [6.45, 7) is 7.55. The van der Waals surface area contributed by atoms with Crippen molar-refractivity contribution in [3.63, 3.8) is 0 Å². The highest BCUT2D eigenvalue weighted by Gasteiger charge is 2.26. The Bertz CT molecular complexity index is 913. The number of carbonyl (C=O) groups excluding carboxylic acids is 1. The molecule has 174 valence electrons. The van der Waals surface area contributed by atoms with Gasteiger partial charge in [0.25, 0.3) is 5.56 Å². The third-order valence-electron chi connectivity index (χ3n) is 5.60. The smallest absolute Gasteiger partial charge is 0.410 e. The molecule has 2 heterocycles. The van der Waals surface area contributed by atoms with Gasteiger partial charge in [-0.15, -0.1) is 0 Å². The number of aryl methyl sites for hydroxylation is 1. The number of benzene rings is 1. The molecule has 1 aromatic heterocycles. The number of carbonyl (C=O) groups is 1. The van der Waals surface area contributed by atoms with E-state index in [0.29, 0.717) is 18.3 Å². The molecule has 1 saturated heterocycles. The monoisotopic (exact) mass is 441 g/mol. The van der Waals surface area contributed by atoms with Gasteiger partial charge in [-0.25, -0.2) is 9.78 Å². The Labute approximate surface area is 190 Å². The molecular formula is C25H35N3O4. The summed E-state index contributed by atoms with van der Waals surface area (Å²) in [5.41, 5.74) is 0.322. The van der Waals surface area contributed by atoms with E-state index < -0.39 is 5.60 Å². The predicted octanol–water partition coefficient (Wildman–Crippen LogP) is 4.71. The number of likely N-dealkylation sites (tertiary alicyclic amines) is 1. The van der Waals surface area contributed by atoms with Gasteiger partial charge in [0.05, 0.1) is 6.20 Å². The van der Waals surface area contributed by atoms with Gasteiger partial charge in [-0.2, -0.15) is 0 Å². The molecule has 0 unspecified atom stereocenters. The van der Waals surface area contributed by atoms with Crippen LogP contribution in [0.5, 0.6) is 5.75 Å². The molecule has 0 bridgehead atoms. The summed E-state index contributed by atoms with van der Waals surface area (Å²) in [7, 11) is 0. The van der Waals surface area contributed by atoms with Crippen LogP contribution < -0.4 is 10.3 Å². The molecule has 1 fully saturated rings. The minimum atomic E-state index is -0.449. The molecule has 0 saturated carbocycles. The summed E-state index contributed by atoms with van der Waals surface area (Å²) >= 11 is 0. The number of H-pyrrole nitrogens is 1.